The van der Waals surface area contributed by atoms with Gasteiger partial charge >= 0.3 is 0 Å². The number of aromatic nitrogens is 3. The van der Waals surface area contributed by atoms with E-state index in [4.69, 9.17) is 0 Å². The van der Waals surface area contributed by atoms with Gasteiger partial charge in [0.05, 0.1) is 6.20 Å². The Bertz CT molecular complexity index is 1030. The van der Waals surface area contributed by atoms with Crippen LogP contribution in [0.3, 0.4) is 0 Å². The van der Waals surface area contributed by atoms with Crippen molar-refractivity contribution in [1.82, 2.24) is 14.8 Å². The van der Waals surface area contributed by atoms with Crippen LogP contribution in [0.4, 0.5) is 0 Å². The van der Waals surface area contributed by atoms with Crippen molar-refractivity contribution in [3.63, 3.8) is 0 Å². The minimum absolute atomic E-state index is 0. The summed E-state index contributed by atoms with van der Waals surface area (Å²) < 4.78 is 1.84. The third-order valence-corrected chi connectivity index (χ3v) is 4.28. The Balaban J connectivity index is 0.000000175. The Hall–Kier alpha value is -3.33. The van der Waals surface area contributed by atoms with Gasteiger partial charge in [-0.05, 0) is 23.0 Å². The molecular weight excluding hydrogens is 547 g/mol. The minimum atomic E-state index is 0. The first-order chi connectivity index (χ1) is 14.4. The molecule has 5 aromatic rings. The molecule has 0 spiro atoms. The summed E-state index contributed by atoms with van der Waals surface area (Å²) in [6.07, 6.45) is 5.67. The zero-order chi connectivity index (χ0) is 19.7. The summed E-state index contributed by atoms with van der Waals surface area (Å²) in [5, 5.41) is 4.35. The van der Waals surface area contributed by atoms with Gasteiger partial charge in [0.15, 0.2) is 0 Å². The number of para-hydroxylation sites is 1. The van der Waals surface area contributed by atoms with E-state index in [1.807, 2.05) is 102 Å². The second kappa shape index (κ2) is 11.0. The molecule has 1 radical (unpaired) electrons. The van der Waals surface area contributed by atoms with Gasteiger partial charge in [-0.15, -0.1) is 42.0 Å². The molecule has 149 valence electrons. The largest absolute Gasteiger partial charge is 0.305 e. The molecule has 2 aromatic heterocycles. The van der Waals surface area contributed by atoms with E-state index in [-0.39, 0.29) is 20.1 Å². The van der Waals surface area contributed by atoms with Crippen LogP contribution >= 0.6 is 0 Å². The molecule has 0 atom stereocenters. The summed E-state index contributed by atoms with van der Waals surface area (Å²) in [7, 11) is 0. The van der Waals surface area contributed by atoms with E-state index in [0.29, 0.717) is 0 Å². The van der Waals surface area contributed by atoms with Crippen LogP contribution < -0.4 is 0 Å². The number of hydrogen-bond acceptors (Lipinski definition) is 2. The van der Waals surface area contributed by atoms with Gasteiger partial charge in [0.2, 0.25) is 0 Å². The standard InChI is InChI=1S/C15H11N2.C11H8N.Ir/c1-3-7-13(8-4-1)14-11-16-17(12-14)15-9-5-2-6-10-15;1-2-6-10(7-3-1)11-8-4-5-9-12-11;/h1-9,11-12H;1-6,8-9H;/q2*-1;. The number of benzene rings is 3. The Morgan fingerprint density at radius 1 is 0.667 bits per heavy atom. The van der Waals surface area contributed by atoms with E-state index in [1.165, 1.54) is 5.56 Å². The molecule has 0 N–H and O–H groups in total. The molecule has 0 fully saturated rings. The fourth-order valence-corrected chi connectivity index (χ4v) is 2.84. The molecule has 0 bridgehead atoms. The van der Waals surface area contributed by atoms with Crippen LogP contribution in [0.2, 0.25) is 0 Å². The van der Waals surface area contributed by atoms with Crippen molar-refractivity contribution in [1.29, 1.82) is 0 Å². The van der Waals surface area contributed by atoms with E-state index in [1.54, 1.807) is 6.20 Å². The summed E-state index contributed by atoms with van der Waals surface area (Å²) in [5.41, 5.74) is 5.25. The zero-order valence-electron chi connectivity index (χ0n) is 16.1. The molecule has 30 heavy (non-hydrogen) atoms. The predicted octanol–water partition coefficient (Wildman–Crippen LogP) is 5.89. The molecule has 0 saturated carbocycles. The molecule has 4 heteroatoms. The van der Waals surface area contributed by atoms with E-state index >= 15 is 0 Å². The predicted molar refractivity (Wildman–Crippen MR) is 116 cm³/mol. The fraction of sp³-hybridized carbons (Fsp3) is 0. The monoisotopic (exact) mass is 566 g/mol. The van der Waals surface area contributed by atoms with E-state index < -0.39 is 0 Å². The molecule has 0 aliphatic rings. The fourth-order valence-electron chi connectivity index (χ4n) is 2.84. The smallest absolute Gasteiger partial charge is 0.0571 e. The van der Waals surface area contributed by atoms with Crippen LogP contribution in [0, 0.1) is 12.1 Å². The van der Waals surface area contributed by atoms with Crippen LogP contribution in [0.5, 0.6) is 0 Å². The first-order valence-electron chi connectivity index (χ1n) is 9.35. The summed E-state index contributed by atoms with van der Waals surface area (Å²) in [6, 6.07) is 38.0. The van der Waals surface area contributed by atoms with Crippen LogP contribution in [-0.4, -0.2) is 14.8 Å². The number of rotatable bonds is 3. The second-order valence-corrected chi connectivity index (χ2v) is 6.28. The van der Waals surface area contributed by atoms with Crippen LogP contribution in [0.25, 0.3) is 28.1 Å². The normalized spacial score (nSPS) is 9.73. The van der Waals surface area contributed by atoms with Crippen molar-refractivity contribution in [3.8, 4) is 28.1 Å². The maximum absolute atomic E-state index is 4.35. The average molecular weight is 566 g/mol. The summed E-state index contributed by atoms with van der Waals surface area (Å²) in [4.78, 5) is 4.22. The third kappa shape index (κ3) is 5.60. The zero-order valence-corrected chi connectivity index (χ0v) is 18.5. The first-order valence-corrected chi connectivity index (χ1v) is 9.35. The van der Waals surface area contributed by atoms with Crippen molar-refractivity contribution in [2.24, 2.45) is 0 Å². The molecule has 0 aliphatic carbocycles. The van der Waals surface area contributed by atoms with Gasteiger partial charge in [0, 0.05) is 38.1 Å². The Morgan fingerprint density at radius 2 is 1.40 bits per heavy atom. The Morgan fingerprint density at radius 3 is 2.07 bits per heavy atom. The van der Waals surface area contributed by atoms with E-state index in [9.17, 15) is 0 Å². The summed E-state index contributed by atoms with van der Waals surface area (Å²) >= 11 is 0. The maximum atomic E-state index is 4.35. The minimum Gasteiger partial charge on any atom is -0.305 e. The molecule has 0 aliphatic heterocycles. The van der Waals surface area contributed by atoms with Crippen molar-refractivity contribution in [2.45, 2.75) is 0 Å². The van der Waals surface area contributed by atoms with Gasteiger partial charge in [-0.1, -0.05) is 42.5 Å². The molecular formula is C26H19IrN3-2. The summed E-state index contributed by atoms with van der Waals surface area (Å²) in [5.74, 6) is 0. The SMILES string of the molecule is [Ir].[c-]1ccccc1-c1ccccn1.[c-]1ccccc1-n1cc(-c2ccccc2)cn1. The van der Waals surface area contributed by atoms with Crippen molar-refractivity contribution >= 4 is 0 Å². The Labute approximate surface area is 190 Å². The molecule has 0 saturated heterocycles. The number of pyridine rings is 1. The molecule has 2 heterocycles. The molecule has 5 rings (SSSR count). The van der Waals surface area contributed by atoms with Crippen molar-refractivity contribution in [3.05, 3.63) is 128 Å². The van der Waals surface area contributed by atoms with Gasteiger partial charge in [-0.3, -0.25) is 4.68 Å². The van der Waals surface area contributed by atoms with Gasteiger partial charge in [-0.2, -0.15) is 29.4 Å². The molecule has 0 unspecified atom stereocenters. The topological polar surface area (TPSA) is 30.7 Å². The summed E-state index contributed by atoms with van der Waals surface area (Å²) in [6.45, 7) is 0. The Kier molecular flexibility index (Phi) is 7.85. The van der Waals surface area contributed by atoms with Crippen molar-refractivity contribution < 1.29 is 20.1 Å². The van der Waals surface area contributed by atoms with Gasteiger partial charge in [-0.25, -0.2) is 0 Å². The van der Waals surface area contributed by atoms with Gasteiger partial charge in [0.1, 0.15) is 0 Å². The number of nitrogens with zero attached hydrogens (tertiary/aromatic N) is 3. The first kappa shape index (κ1) is 21.4. The molecule has 0 amide bonds. The van der Waals surface area contributed by atoms with E-state index in [0.717, 1.165) is 22.5 Å². The molecule has 3 nitrogen and oxygen atoms in total. The van der Waals surface area contributed by atoms with Crippen LogP contribution in [0.15, 0.2) is 116 Å². The average Bonchev–Trinajstić information content (AvgIpc) is 3.32. The quantitative estimate of drug-likeness (QED) is 0.256. The molecule has 3 aromatic carbocycles. The third-order valence-electron chi connectivity index (χ3n) is 4.28. The number of hydrogen-bond donors (Lipinski definition) is 0. The van der Waals surface area contributed by atoms with Crippen molar-refractivity contribution in [2.75, 3.05) is 0 Å². The second-order valence-electron chi connectivity index (χ2n) is 6.28. The maximum Gasteiger partial charge on any atom is 0.0571 e. The van der Waals surface area contributed by atoms with Gasteiger partial charge < -0.3 is 4.98 Å². The van der Waals surface area contributed by atoms with E-state index in [2.05, 4.69) is 34.3 Å². The van der Waals surface area contributed by atoms with Gasteiger partial charge in [0.25, 0.3) is 0 Å². The van der Waals surface area contributed by atoms with Crippen LogP contribution in [0.1, 0.15) is 0 Å². The van der Waals surface area contributed by atoms with Crippen LogP contribution in [-0.2, 0) is 20.1 Å².